The lowest BCUT2D eigenvalue weighted by molar-refractivity contribution is 0.405. The Morgan fingerprint density at radius 3 is 2.63 bits per heavy atom. The number of nitrogens with two attached hydrogens (primary N) is 1. The lowest BCUT2D eigenvalue weighted by Gasteiger charge is -2.15. The molecular weight excluding hydrogens is 242 g/mol. The molecule has 2 aromatic heterocycles. The minimum atomic E-state index is -0.213. The predicted molar refractivity (Wildman–Crippen MR) is 74.3 cm³/mol. The van der Waals surface area contributed by atoms with Crippen molar-refractivity contribution in [2.45, 2.75) is 34.1 Å². The third kappa shape index (κ3) is 3.21. The van der Waals surface area contributed by atoms with E-state index in [4.69, 9.17) is 5.73 Å². The Balaban J connectivity index is 2.43. The van der Waals surface area contributed by atoms with Gasteiger partial charge < -0.3 is 5.73 Å². The van der Waals surface area contributed by atoms with Crippen molar-refractivity contribution in [3.05, 3.63) is 33.9 Å². The maximum Gasteiger partial charge on any atom is 0.252 e. The molecule has 0 unspecified atom stereocenters. The first-order valence-corrected chi connectivity index (χ1v) is 6.17. The maximum atomic E-state index is 11.5. The summed E-state index contributed by atoms with van der Waals surface area (Å²) in [6.07, 6.45) is 0.806. The monoisotopic (exact) mass is 261 g/mol. The molecule has 0 aliphatic heterocycles. The van der Waals surface area contributed by atoms with E-state index in [0.29, 0.717) is 17.5 Å². The Morgan fingerprint density at radius 1 is 1.37 bits per heavy atom. The Kier molecular flexibility index (Phi) is 3.18. The minimum absolute atomic E-state index is 0.124. The van der Waals surface area contributed by atoms with Crippen molar-refractivity contribution in [3.8, 4) is 5.95 Å². The molecular formula is C13H19N5O. The van der Waals surface area contributed by atoms with Gasteiger partial charge in [-0.15, -0.1) is 0 Å². The number of hydrogen-bond acceptors (Lipinski definition) is 4. The van der Waals surface area contributed by atoms with Crippen LogP contribution in [0.1, 0.15) is 32.2 Å². The van der Waals surface area contributed by atoms with Crippen LogP contribution < -0.4 is 11.3 Å². The van der Waals surface area contributed by atoms with Crippen LogP contribution in [0.4, 0.5) is 5.82 Å². The molecule has 2 rings (SSSR count). The van der Waals surface area contributed by atoms with E-state index in [1.807, 2.05) is 6.07 Å². The highest BCUT2D eigenvalue weighted by molar-refractivity contribution is 5.37. The third-order valence-electron chi connectivity index (χ3n) is 2.56. The van der Waals surface area contributed by atoms with Crippen LogP contribution in [-0.4, -0.2) is 19.7 Å². The van der Waals surface area contributed by atoms with Gasteiger partial charge in [0.05, 0.1) is 5.69 Å². The highest BCUT2D eigenvalue weighted by Gasteiger charge is 2.16. The Morgan fingerprint density at radius 2 is 2.05 bits per heavy atom. The van der Waals surface area contributed by atoms with Gasteiger partial charge in [0.25, 0.3) is 5.56 Å². The third-order valence-corrected chi connectivity index (χ3v) is 2.56. The summed E-state index contributed by atoms with van der Waals surface area (Å²) in [5.74, 6) is 0.815. The quantitative estimate of drug-likeness (QED) is 0.855. The summed E-state index contributed by atoms with van der Waals surface area (Å²) in [5.41, 5.74) is 7.36. The largest absolute Gasteiger partial charge is 0.383 e. The molecule has 0 amide bonds. The predicted octanol–water partition coefficient (Wildman–Crippen LogP) is 1.43. The number of hydrogen-bond donors (Lipinski definition) is 2. The van der Waals surface area contributed by atoms with Gasteiger partial charge >= 0.3 is 0 Å². The van der Waals surface area contributed by atoms with Gasteiger partial charge in [0.2, 0.25) is 5.95 Å². The van der Waals surface area contributed by atoms with E-state index < -0.39 is 0 Å². The van der Waals surface area contributed by atoms with Crippen LogP contribution in [0, 0.1) is 12.3 Å². The number of nitrogens with one attached hydrogen (secondary N) is 1. The van der Waals surface area contributed by atoms with Crippen molar-refractivity contribution < 1.29 is 0 Å². The second-order valence-electron chi connectivity index (χ2n) is 5.92. The maximum absolute atomic E-state index is 11.5. The molecule has 0 aliphatic rings. The van der Waals surface area contributed by atoms with Gasteiger partial charge in [0, 0.05) is 17.8 Å². The van der Waals surface area contributed by atoms with E-state index in [1.54, 1.807) is 6.92 Å². The van der Waals surface area contributed by atoms with Crippen LogP contribution in [-0.2, 0) is 6.42 Å². The lowest BCUT2D eigenvalue weighted by atomic mass is 9.91. The molecule has 19 heavy (non-hydrogen) atoms. The summed E-state index contributed by atoms with van der Waals surface area (Å²) in [5, 5.41) is 4.41. The zero-order valence-corrected chi connectivity index (χ0v) is 11.7. The summed E-state index contributed by atoms with van der Waals surface area (Å²) >= 11 is 0. The minimum Gasteiger partial charge on any atom is -0.383 e. The fourth-order valence-electron chi connectivity index (χ4n) is 1.91. The first kappa shape index (κ1) is 13.3. The normalized spacial score (nSPS) is 11.8. The second-order valence-corrected chi connectivity index (χ2v) is 5.92. The van der Waals surface area contributed by atoms with Gasteiger partial charge in [-0.25, -0.2) is 4.98 Å². The van der Waals surface area contributed by atoms with Crippen molar-refractivity contribution >= 4 is 5.82 Å². The molecule has 102 valence electrons. The van der Waals surface area contributed by atoms with Crippen LogP contribution >= 0.6 is 0 Å². The zero-order valence-electron chi connectivity index (χ0n) is 11.7. The fourth-order valence-corrected chi connectivity index (χ4v) is 1.91. The van der Waals surface area contributed by atoms with Gasteiger partial charge in [0.1, 0.15) is 5.82 Å². The summed E-state index contributed by atoms with van der Waals surface area (Å²) in [7, 11) is 0. The van der Waals surface area contributed by atoms with E-state index in [1.165, 1.54) is 10.7 Å². The summed E-state index contributed by atoms with van der Waals surface area (Å²) in [4.78, 5) is 18.3. The molecule has 0 aliphatic carbocycles. The van der Waals surface area contributed by atoms with Crippen molar-refractivity contribution in [1.82, 2.24) is 19.7 Å². The van der Waals surface area contributed by atoms with Crippen LogP contribution in [0.2, 0.25) is 0 Å². The van der Waals surface area contributed by atoms with Crippen molar-refractivity contribution in [2.75, 3.05) is 5.73 Å². The molecule has 0 saturated heterocycles. The number of aromatic nitrogens is 4. The smallest absolute Gasteiger partial charge is 0.252 e. The number of nitrogen functional groups attached to an aromatic ring is 1. The number of rotatable bonds is 2. The molecule has 0 fully saturated rings. The topological polar surface area (TPSA) is 89.6 Å². The van der Waals surface area contributed by atoms with Gasteiger partial charge in [-0.2, -0.15) is 9.78 Å². The van der Waals surface area contributed by atoms with Crippen molar-refractivity contribution in [1.29, 1.82) is 0 Å². The van der Waals surface area contributed by atoms with E-state index in [0.717, 1.165) is 12.1 Å². The fraction of sp³-hybridized carbons (Fsp3) is 0.462. The Bertz CT molecular complexity index is 648. The lowest BCUT2D eigenvalue weighted by Crippen LogP contribution is -2.15. The standard InChI is InChI=1S/C13H19N5O/c1-8-5-11(19)16-12(15-8)18-10(14)6-9(17-18)7-13(2,3)4/h5-6H,7,14H2,1-4H3,(H,15,16,19). The summed E-state index contributed by atoms with van der Waals surface area (Å²) in [6, 6.07) is 3.24. The molecule has 3 N–H and O–H groups in total. The van der Waals surface area contributed by atoms with Crippen LogP contribution in [0.3, 0.4) is 0 Å². The number of anilines is 1. The van der Waals surface area contributed by atoms with Crippen LogP contribution in [0.5, 0.6) is 0 Å². The number of aromatic amines is 1. The van der Waals surface area contributed by atoms with Gasteiger partial charge in [-0.1, -0.05) is 20.8 Å². The summed E-state index contributed by atoms with van der Waals surface area (Å²) in [6.45, 7) is 8.16. The highest BCUT2D eigenvalue weighted by Crippen LogP contribution is 2.21. The first-order valence-electron chi connectivity index (χ1n) is 6.17. The second kappa shape index (κ2) is 4.53. The van der Waals surface area contributed by atoms with Crippen LogP contribution in [0.25, 0.3) is 5.95 Å². The Labute approximate surface area is 111 Å². The molecule has 2 heterocycles. The highest BCUT2D eigenvalue weighted by atomic mass is 16.1. The molecule has 0 radical (unpaired) electrons. The van der Waals surface area contributed by atoms with E-state index in [-0.39, 0.29) is 11.0 Å². The van der Waals surface area contributed by atoms with Crippen LogP contribution in [0.15, 0.2) is 16.9 Å². The van der Waals surface area contributed by atoms with E-state index in [2.05, 4.69) is 35.8 Å². The summed E-state index contributed by atoms with van der Waals surface area (Å²) < 4.78 is 1.47. The van der Waals surface area contributed by atoms with Crippen molar-refractivity contribution in [3.63, 3.8) is 0 Å². The average molecular weight is 261 g/mol. The van der Waals surface area contributed by atoms with Gasteiger partial charge in [-0.05, 0) is 18.8 Å². The molecule has 0 spiro atoms. The van der Waals surface area contributed by atoms with E-state index in [9.17, 15) is 4.79 Å². The average Bonchev–Trinajstić information content (AvgIpc) is 2.54. The van der Waals surface area contributed by atoms with E-state index >= 15 is 0 Å². The SMILES string of the molecule is Cc1cc(=O)[nH]c(-n2nc(CC(C)(C)C)cc2N)n1. The molecule has 6 nitrogen and oxygen atoms in total. The number of H-pyrrole nitrogens is 1. The molecule has 0 bridgehead atoms. The molecule has 2 aromatic rings. The van der Waals surface area contributed by atoms with Gasteiger partial charge in [-0.3, -0.25) is 9.78 Å². The molecule has 0 saturated carbocycles. The van der Waals surface area contributed by atoms with Gasteiger partial charge in [0.15, 0.2) is 0 Å². The Hall–Kier alpha value is -2.11. The number of aryl methyl sites for hydroxylation is 1. The van der Waals surface area contributed by atoms with Crippen molar-refractivity contribution in [2.24, 2.45) is 5.41 Å². The molecule has 6 heteroatoms. The zero-order chi connectivity index (χ0) is 14.2. The molecule has 0 atom stereocenters. The molecule has 0 aromatic carbocycles. The first-order chi connectivity index (χ1) is 8.74. The number of nitrogens with zero attached hydrogens (tertiary/aromatic N) is 3.